The van der Waals surface area contributed by atoms with Crippen LogP contribution in [0, 0.1) is 6.92 Å². The molecule has 0 radical (unpaired) electrons. The molecule has 0 aliphatic rings. The van der Waals surface area contributed by atoms with Crippen LogP contribution in [0.15, 0.2) is 18.5 Å². The molecule has 6 heteroatoms. The summed E-state index contributed by atoms with van der Waals surface area (Å²) in [6.07, 6.45) is 3.48. The lowest BCUT2D eigenvalue weighted by Gasteiger charge is -2.14. The lowest BCUT2D eigenvalue weighted by molar-refractivity contribution is -0.121. The van der Waals surface area contributed by atoms with E-state index in [0.717, 1.165) is 11.1 Å². The van der Waals surface area contributed by atoms with Gasteiger partial charge in [-0.05, 0) is 31.0 Å². The van der Waals surface area contributed by atoms with Crippen LogP contribution in [0.25, 0.3) is 0 Å². The molecule has 0 aromatic carbocycles. The zero-order chi connectivity index (χ0) is 13.5. The lowest BCUT2D eigenvalue weighted by Crippen LogP contribution is -2.47. The van der Waals surface area contributed by atoms with Crippen molar-refractivity contribution in [3.63, 3.8) is 0 Å². The molecule has 1 heterocycles. The maximum Gasteiger partial charge on any atom is 0.321 e. The molecule has 1 aromatic heterocycles. The number of pyridine rings is 1. The van der Waals surface area contributed by atoms with Gasteiger partial charge in [-0.15, -0.1) is 0 Å². The third-order valence-corrected chi connectivity index (χ3v) is 2.59. The first-order valence-corrected chi connectivity index (χ1v) is 5.70. The zero-order valence-electron chi connectivity index (χ0n) is 10.8. The third-order valence-electron chi connectivity index (χ3n) is 2.59. The second-order valence-electron chi connectivity index (χ2n) is 3.97. The standard InChI is InChI=1S/C12H18N4O2/c1-8-6-14-5-4-10(8)7-15-9(2)11(17)16-12(18)13-3/h4-6,9,15H,7H2,1-3H3,(H2,13,16,17,18). The van der Waals surface area contributed by atoms with Gasteiger partial charge in [0.25, 0.3) is 0 Å². The number of rotatable bonds is 4. The number of aromatic nitrogens is 1. The summed E-state index contributed by atoms with van der Waals surface area (Å²) in [7, 11) is 1.46. The third kappa shape index (κ3) is 4.14. The highest BCUT2D eigenvalue weighted by Crippen LogP contribution is 2.04. The number of hydrogen-bond donors (Lipinski definition) is 3. The first-order chi connectivity index (χ1) is 8.54. The second kappa shape index (κ2) is 6.70. The van der Waals surface area contributed by atoms with E-state index in [0.29, 0.717) is 6.54 Å². The lowest BCUT2D eigenvalue weighted by atomic mass is 10.1. The molecule has 1 rings (SSSR count). The van der Waals surface area contributed by atoms with Crippen molar-refractivity contribution in [3.05, 3.63) is 29.6 Å². The van der Waals surface area contributed by atoms with E-state index in [4.69, 9.17) is 0 Å². The van der Waals surface area contributed by atoms with E-state index in [9.17, 15) is 9.59 Å². The second-order valence-corrected chi connectivity index (χ2v) is 3.97. The minimum atomic E-state index is -0.506. The van der Waals surface area contributed by atoms with Crippen LogP contribution in [0.1, 0.15) is 18.1 Å². The summed E-state index contributed by atoms with van der Waals surface area (Å²) in [5, 5.41) is 7.59. The van der Waals surface area contributed by atoms with Gasteiger partial charge in [-0.1, -0.05) is 0 Å². The molecular formula is C12H18N4O2. The number of imide groups is 1. The molecule has 0 fully saturated rings. The van der Waals surface area contributed by atoms with Crippen molar-refractivity contribution in [2.75, 3.05) is 7.05 Å². The Bertz CT molecular complexity index is 434. The van der Waals surface area contributed by atoms with E-state index in [2.05, 4.69) is 20.9 Å². The Morgan fingerprint density at radius 3 is 2.78 bits per heavy atom. The highest BCUT2D eigenvalue weighted by Gasteiger charge is 2.14. The molecule has 98 valence electrons. The minimum Gasteiger partial charge on any atom is -0.341 e. The number of nitrogens with zero attached hydrogens (tertiary/aromatic N) is 1. The molecule has 3 amide bonds. The average Bonchev–Trinajstić information content (AvgIpc) is 2.37. The van der Waals surface area contributed by atoms with Crippen LogP contribution in [0.3, 0.4) is 0 Å². The van der Waals surface area contributed by atoms with Crippen molar-refractivity contribution in [1.82, 2.24) is 20.9 Å². The maximum atomic E-state index is 11.6. The van der Waals surface area contributed by atoms with Crippen molar-refractivity contribution in [2.45, 2.75) is 26.4 Å². The molecule has 1 atom stereocenters. The number of urea groups is 1. The van der Waals surface area contributed by atoms with Gasteiger partial charge in [-0.3, -0.25) is 15.1 Å². The quantitative estimate of drug-likeness (QED) is 0.719. The largest absolute Gasteiger partial charge is 0.341 e. The minimum absolute atomic E-state index is 0.360. The van der Waals surface area contributed by atoms with Gasteiger partial charge in [0.05, 0.1) is 6.04 Å². The topological polar surface area (TPSA) is 83.1 Å². The molecule has 0 aliphatic heterocycles. The molecule has 6 nitrogen and oxygen atoms in total. The van der Waals surface area contributed by atoms with Gasteiger partial charge in [-0.25, -0.2) is 4.79 Å². The molecule has 1 unspecified atom stereocenters. The Hall–Kier alpha value is -1.95. The van der Waals surface area contributed by atoms with Gasteiger partial charge in [0, 0.05) is 26.0 Å². The van der Waals surface area contributed by atoms with Gasteiger partial charge in [0.2, 0.25) is 5.91 Å². The number of carbonyl (C=O) groups is 2. The van der Waals surface area contributed by atoms with Crippen molar-refractivity contribution in [3.8, 4) is 0 Å². The summed E-state index contributed by atoms with van der Waals surface area (Å²) < 4.78 is 0. The van der Waals surface area contributed by atoms with Crippen LogP contribution in [-0.2, 0) is 11.3 Å². The van der Waals surface area contributed by atoms with Crippen LogP contribution in [-0.4, -0.2) is 30.0 Å². The van der Waals surface area contributed by atoms with Crippen molar-refractivity contribution in [2.24, 2.45) is 0 Å². The highest BCUT2D eigenvalue weighted by atomic mass is 16.2. The first kappa shape index (κ1) is 14.1. The number of hydrogen-bond acceptors (Lipinski definition) is 4. The Balaban J connectivity index is 2.46. The average molecular weight is 250 g/mol. The van der Waals surface area contributed by atoms with Crippen molar-refractivity contribution < 1.29 is 9.59 Å². The number of carbonyl (C=O) groups excluding carboxylic acids is 2. The summed E-state index contributed by atoms with van der Waals surface area (Å²) in [6.45, 7) is 4.21. The number of nitrogens with one attached hydrogen (secondary N) is 3. The molecule has 18 heavy (non-hydrogen) atoms. The van der Waals surface area contributed by atoms with E-state index in [1.807, 2.05) is 13.0 Å². The van der Waals surface area contributed by atoms with Gasteiger partial charge in [-0.2, -0.15) is 0 Å². The Kier molecular flexibility index (Phi) is 5.26. The summed E-state index contributed by atoms with van der Waals surface area (Å²) in [4.78, 5) is 26.5. The van der Waals surface area contributed by atoms with Gasteiger partial charge in [0.1, 0.15) is 0 Å². The fraction of sp³-hybridized carbons (Fsp3) is 0.417. The summed E-state index contributed by atoms with van der Waals surface area (Å²) in [6, 6.07) is 0.940. The van der Waals surface area contributed by atoms with Crippen molar-refractivity contribution in [1.29, 1.82) is 0 Å². The first-order valence-electron chi connectivity index (χ1n) is 5.70. The molecule has 3 N–H and O–H groups in total. The van der Waals surface area contributed by atoms with E-state index < -0.39 is 12.1 Å². The van der Waals surface area contributed by atoms with Crippen molar-refractivity contribution >= 4 is 11.9 Å². The molecule has 0 bridgehead atoms. The van der Waals surface area contributed by atoms with Crippen LogP contribution in [0.4, 0.5) is 4.79 Å². The number of aryl methyl sites for hydroxylation is 1. The van der Waals surface area contributed by atoms with Crippen LogP contribution in [0.2, 0.25) is 0 Å². The smallest absolute Gasteiger partial charge is 0.321 e. The Morgan fingerprint density at radius 1 is 1.44 bits per heavy atom. The molecule has 0 aliphatic carbocycles. The molecular weight excluding hydrogens is 232 g/mol. The van der Waals surface area contributed by atoms with Crippen LogP contribution in [0.5, 0.6) is 0 Å². The number of amides is 3. The van der Waals surface area contributed by atoms with Gasteiger partial charge in [0.15, 0.2) is 0 Å². The summed E-state index contributed by atoms with van der Waals surface area (Å²) in [5.74, 6) is -0.360. The molecule has 0 saturated carbocycles. The fourth-order valence-electron chi connectivity index (χ4n) is 1.34. The van der Waals surface area contributed by atoms with Gasteiger partial charge < -0.3 is 10.6 Å². The van der Waals surface area contributed by atoms with Gasteiger partial charge >= 0.3 is 6.03 Å². The Morgan fingerprint density at radius 2 is 2.17 bits per heavy atom. The normalized spacial score (nSPS) is 11.7. The summed E-state index contributed by atoms with van der Waals surface area (Å²) in [5.41, 5.74) is 2.13. The monoisotopic (exact) mass is 250 g/mol. The SMILES string of the molecule is CNC(=O)NC(=O)C(C)NCc1ccncc1C. The van der Waals surface area contributed by atoms with E-state index in [1.54, 1.807) is 19.3 Å². The molecule has 0 saturated heterocycles. The fourth-order valence-corrected chi connectivity index (χ4v) is 1.34. The van der Waals surface area contributed by atoms with Crippen LogP contribution >= 0.6 is 0 Å². The zero-order valence-corrected chi connectivity index (χ0v) is 10.8. The van der Waals surface area contributed by atoms with E-state index >= 15 is 0 Å². The summed E-state index contributed by atoms with van der Waals surface area (Å²) >= 11 is 0. The Labute approximate surface area is 106 Å². The predicted octanol–water partition coefficient (Wildman–Crippen LogP) is 0.324. The van der Waals surface area contributed by atoms with E-state index in [1.165, 1.54) is 7.05 Å². The van der Waals surface area contributed by atoms with Crippen LogP contribution < -0.4 is 16.0 Å². The predicted molar refractivity (Wildman–Crippen MR) is 67.9 cm³/mol. The molecule has 1 aromatic rings. The maximum absolute atomic E-state index is 11.6. The highest BCUT2D eigenvalue weighted by molar-refractivity contribution is 5.96. The van der Waals surface area contributed by atoms with E-state index in [-0.39, 0.29) is 5.91 Å². The molecule has 0 spiro atoms.